The molecule has 1 amide bonds. The van der Waals surface area contributed by atoms with Gasteiger partial charge >= 0.3 is 0 Å². The predicted octanol–water partition coefficient (Wildman–Crippen LogP) is 4.49. The van der Waals surface area contributed by atoms with Gasteiger partial charge in [0.05, 0.1) is 26.4 Å². The van der Waals surface area contributed by atoms with Crippen LogP contribution in [0.15, 0.2) is 53.1 Å². The van der Waals surface area contributed by atoms with Gasteiger partial charge in [0.2, 0.25) is 5.76 Å². The summed E-state index contributed by atoms with van der Waals surface area (Å²) in [6.07, 6.45) is 2.68. The summed E-state index contributed by atoms with van der Waals surface area (Å²) in [6.45, 7) is 1.96. The number of aromatic nitrogens is 1. The van der Waals surface area contributed by atoms with Gasteiger partial charge in [-0.2, -0.15) is 0 Å². The molecule has 0 N–H and O–H groups in total. The molecule has 7 nitrogen and oxygen atoms in total. The van der Waals surface area contributed by atoms with Gasteiger partial charge in [0.1, 0.15) is 11.4 Å². The molecule has 31 heavy (non-hydrogen) atoms. The molecule has 160 valence electrons. The molecule has 2 aliphatic heterocycles. The Hall–Kier alpha value is -3.48. The largest absolute Gasteiger partial charge is 0.497 e. The van der Waals surface area contributed by atoms with Crippen molar-refractivity contribution in [2.24, 2.45) is 0 Å². The van der Waals surface area contributed by atoms with E-state index in [9.17, 15) is 4.79 Å². The van der Waals surface area contributed by atoms with Crippen LogP contribution in [0.25, 0.3) is 11.3 Å². The summed E-state index contributed by atoms with van der Waals surface area (Å²) in [4.78, 5) is 15.1. The summed E-state index contributed by atoms with van der Waals surface area (Å²) in [5.74, 6) is 2.31. The lowest BCUT2D eigenvalue weighted by molar-refractivity contribution is 0.0693. The van der Waals surface area contributed by atoms with Crippen molar-refractivity contribution in [1.82, 2.24) is 10.1 Å². The van der Waals surface area contributed by atoms with Gasteiger partial charge in [-0.25, -0.2) is 0 Å². The smallest absolute Gasteiger partial charge is 0.292 e. The molecule has 5 rings (SSSR count). The maximum absolute atomic E-state index is 13.3. The van der Waals surface area contributed by atoms with Gasteiger partial charge in [-0.15, -0.1) is 0 Å². The van der Waals surface area contributed by atoms with Crippen LogP contribution >= 0.6 is 0 Å². The summed E-state index contributed by atoms with van der Waals surface area (Å²) >= 11 is 0. The average molecular weight is 420 g/mol. The molecule has 1 atom stereocenters. The first-order valence-corrected chi connectivity index (χ1v) is 10.5. The number of hydrogen-bond acceptors (Lipinski definition) is 6. The van der Waals surface area contributed by atoms with Crippen LogP contribution in [-0.4, -0.2) is 42.8 Å². The predicted molar refractivity (Wildman–Crippen MR) is 114 cm³/mol. The van der Waals surface area contributed by atoms with Crippen LogP contribution in [0, 0.1) is 0 Å². The average Bonchev–Trinajstić information content (AvgIpc) is 3.44. The summed E-state index contributed by atoms with van der Waals surface area (Å²) in [5.41, 5.74) is 2.49. The van der Waals surface area contributed by atoms with Crippen molar-refractivity contribution in [3.05, 3.63) is 59.9 Å². The van der Waals surface area contributed by atoms with Crippen molar-refractivity contribution >= 4 is 5.91 Å². The fraction of sp³-hybridized carbons (Fsp3) is 0.333. The third-order valence-corrected chi connectivity index (χ3v) is 5.76. The molecule has 1 fully saturated rings. The van der Waals surface area contributed by atoms with Crippen LogP contribution in [-0.2, 0) is 0 Å². The lowest BCUT2D eigenvalue weighted by atomic mass is 10.0. The Morgan fingerprint density at radius 3 is 2.81 bits per heavy atom. The molecule has 0 saturated carbocycles. The third-order valence-electron chi connectivity index (χ3n) is 5.76. The van der Waals surface area contributed by atoms with Crippen LogP contribution in [0.2, 0.25) is 0 Å². The van der Waals surface area contributed by atoms with Crippen molar-refractivity contribution in [3.8, 4) is 28.5 Å². The van der Waals surface area contributed by atoms with E-state index < -0.39 is 0 Å². The minimum Gasteiger partial charge on any atom is -0.497 e. The molecule has 7 heteroatoms. The highest BCUT2D eigenvalue weighted by Gasteiger charge is 2.33. The summed E-state index contributed by atoms with van der Waals surface area (Å²) in [5, 5.41) is 4.11. The first kappa shape index (κ1) is 19.5. The Bertz CT molecular complexity index is 1090. The molecule has 1 saturated heterocycles. The van der Waals surface area contributed by atoms with Gasteiger partial charge in [-0.05, 0) is 42.7 Å². The zero-order valence-electron chi connectivity index (χ0n) is 17.4. The number of nitrogens with zero attached hydrogens (tertiary/aromatic N) is 2. The van der Waals surface area contributed by atoms with E-state index in [-0.39, 0.29) is 17.7 Å². The van der Waals surface area contributed by atoms with Crippen LogP contribution in [0.3, 0.4) is 0 Å². The third kappa shape index (κ3) is 3.83. The van der Waals surface area contributed by atoms with Crippen molar-refractivity contribution in [1.29, 1.82) is 0 Å². The molecule has 0 bridgehead atoms. The molecule has 3 aromatic rings. The van der Waals surface area contributed by atoms with Gasteiger partial charge in [-0.3, -0.25) is 4.79 Å². The van der Waals surface area contributed by atoms with Gasteiger partial charge in [0.15, 0.2) is 11.5 Å². The highest BCUT2D eigenvalue weighted by Crippen LogP contribution is 2.38. The second kappa shape index (κ2) is 8.34. The molecule has 2 aromatic carbocycles. The number of carbonyl (C=O) groups is 1. The zero-order valence-corrected chi connectivity index (χ0v) is 17.4. The fourth-order valence-corrected chi connectivity index (χ4v) is 4.18. The quantitative estimate of drug-likeness (QED) is 0.619. The minimum absolute atomic E-state index is 0.0324. The lowest BCUT2D eigenvalue weighted by Gasteiger charge is -2.24. The Morgan fingerprint density at radius 1 is 1.06 bits per heavy atom. The summed E-state index contributed by atoms with van der Waals surface area (Å²) < 4.78 is 22.3. The topological polar surface area (TPSA) is 74.0 Å². The van der Waals surface area contributed by atoms with E-state index in [0.29, 0.717) is 25.5 Å². The highest BCUT2D eigenvalue weighted by atomic mass is 16.5. The van der Waals surface area contributed by atoms with Crippen molar-refractivity contribution < 1.29 is 23.5 Å². The Kier molecular flexibility index (Phi) is 5.24. The second-order valence-corrected chi connectivity index (χ2v) is 7.72. The van der Waals surface area contributed by atoms with E-state index in [1.807, 2.05) is 47.4 Å². The molecule has 0 spiro atoms. The van der Waals surface area contributed by atoms with Gasteiger partial charge in [0, 0.05) is 24.6 Å². The Morgan fingerprint density at radius 2 is 1.94 bits per heavy atom. The van der Waals surface area contributed by atoms with Crippen LogP contribution in [0.5, 0.6) is 17.2 Å². The van der Waals surface area contributed by atoms with E-state index >= 15 is 0 Å². The SMILES string of the molecule is COc1cccc(-c2cc(C(=O)N3CCC[C@H]3c3ccc4c(c3)OCCCO4)on2)c1. The summed E-state index contributed by atoms with van der Waals surface area (Å²) in [6, 6.07) is 15.1. The molecule has 0 aliphatic carbocycles. The zero-order chi connectivity index (χ0) is 21.2. The van der Waals surface area contributed by atoms with Crippen LogP contribution < -0.4 is 14.2 Å². The Labute approximate surface area is 180 Å². The number of amides is 1. The van der Waals surface area contributed by atoms with Crippen LogP contribution in [0.1, 0.15) is 41.4 Å². The first-order chi connectivity index (χ1) is 15.2. The number of carbonyl (C=O) groups excluding carboxylic acids is 1. The number of benzene rings is 2. The van der Waals surface area contributed by atoms with E-state index in [1.54, 1.807) is 13.2 Å². The minimum atomic E-state index is -0.156. The molecular formula is C24H24N2O5. The molecular weight excluding hydrogens is 396 g/mol. The van der Waals surface area contributed by atoms with Gasteiger partial charge in [-0.1, -0.05) is 23.4 Å². The maximum atomic E-state index is 13.3. The molecule has 3 heterocycles. The standard InChI is InChI=1S/C24H24N2O5/c1-28-18-6-2-5-16(13-18)19-15-23(31-25-19)24(27)26-10-3-7-20(26)17-8-9-21-22(14-17)30-12-4-11-29-21/h2,5-6,8-9,13-15,20H,3-4,7,10-12H2,1H3/t20-/m0/s1. The van der Waals surface area contributed by atoms with E-state index in [4.69, 9.17) is 18.7 Å². The van der Waals surface area contributed by atoms with E-state index in [1.165, 1.54) is 0 Å². The number of rotatable bonds is 4. The molecule has 2 aliphatic rings. The highest BCUT2D eigenvalue weighted by molar-refractivity contribution is 5.93. The number of hydrogen-bond donors (Lipinski definition) is 0. The normalized spacial score (nSPS) is 18.0. The van der Waals surface area contributed by atoms with Crippen molar-refractivity contribution in [2.45, 2.75) is 25.3 Å². The molecule has 0 radical (unpaired) electrons. The lowest BCUT2D eigenvalue weighted by Crippen LogP contribution is -2.30. The van der Waals surface area contributed by atoms with Crippen LogP contribution in [0.4, 0.5) is 0 Å². The Balaban J connectivity index is 1.38. The van der Waals surface area contributed by atoms with Crippen molar-refractivity contribution in [2.75, 3.05) is 26.9 Å². The monoisotopic (exact) mass is 420 g/mol. The van der Waals surface area contributed by atoms with E-state index in [2.05, 4.69) is 5.16 Å². The van der Waals surface area contributed by atoms with Gasteiger partial charge in [0.25, 0.3) is 5.91 Å². The van der Waals surface area contributed by atoms with Crippen molar-refractivity contribution in [3.63, 3.8) is 0 Å². The number of ether oxygens (including phenoxy) is 3. The van der Waals surface area contributed by atoms with Gasteiger partial charge < -0.3 is 23.6 Å². The summed E-state index contributed by atoms with van der Waals surface area (Å²) in [7, 11) is 1.62. The molecule has 1 aromatic heterocycles. The van der Waals surface area contributed by atoms with E-state index in [0.717, 1.165) is 47.6 Å². The maximum Gasteiger partial charge on any atom is 0.292 e. The fourth-order valence-electron chi connectivity index (χ4n) is 4.18. The number of likely N-dealkylation sites (tertiary alicyclic amines) is 1. The first-order valence-electron chi connectivity index (χ1n) is 10.5. The number of methoxy groups -OCH3 is 1. The number of fused-ring (bicyclic) bond motifs is 1. The molecule has 0 unspecified atom stereocenters. The second-order valence-electron chi connectivity index (χ2n) is 7.72.